The van der Waals surface area contributed by atoms with Gasteiger partial charge in [0.15, 0.2) is 0 Å². The number of amides is 1. The van der Waals surface area contributed by atoms with Crippen LogP contribution in [0.1, 0.15) is 94.4 Å². The summed E-state index contributed by atoms with van der Waals surface area (Å²) >= 11 is 0. The molecule has 6 heteroatoms. The van der Waals surface area contributed by atoms with Crippen molar-refractivity contribution >= 4 is 17.9 Å². The number of allylic oxidation sites excluding steroid dienone is 2. The second-order valence-corrected chi connectivity index (χ2v) is 6.97. The van der Waals surface area contributed by atoms with E-state index in [2.05, 4.69) is 17.2 Å². The van der Waals surface area contributed by atoms with E-state index < -0.39 is 5.92 Å². The van der Waals surface area contributed by atoms with Gasteiger partial charge < -0.3 is 10.1 Å². The number of carbonyl (C=O) groups is 2. The highest BCUT2D eigenvalue weighted by atomic mass is 19.3. The predicted molar refractivity (Wildman–Crippen MR) is 121 cm³/mol. The fourth-order valence-corrected chi connectivity index (χ4v) is 2.34. The fraction of sp³-hybridized carbons (Fsp3) is 0.783. The first-order chi connectivity index (χ1) is 13.5. The lowest BCUT2D eigenvalue weighted by atomic mass is 9.95. The highest BCUT2D eigenvalue weighted by molar-refractivity contribution is 6.04. The maximum absolute atomic E-state index is 12.6. The van der Waals surface area contributed by atoms with Gasteiger partial charge in [0.05, 0.1) is 5.92 Å². The summed E-state index contributed by atoms with van der Waals surface area (Å²) in [6.45, 7) is 16.8. The molecule has 0 radical (unpaired) electrons. The van der Waals surface area contributed by atoms with Crippen molar-refractivity contribution in [1.29, 1.82) is 0 Å². The molecule has 1 rings (SSSR count). The summed E-state index contributed by atoms with van der Waals surface area (Å²) in [6.07, 6.45) is 3.55. The summed E-state index contributed by atoms with van der Waals surface area (Å²) in [5.74, 6) is -2.33. The molecule has 1 amide bonds. The van der Waals surface area contributed by atoms with Crippen LogP contribution in [-0.2, 0) is 9.59 Å². The van der Waals surface area contributed by atoms with Gasteiger partial charge in [-0.2, -0.15) is 0 Å². The van der Waals surface area contributed by atoms with E-state index in [0.29, 0.717) is 0 Å². The molecule has 1 heterocycles. The normalized spacial score (nSPS) is 15.1. The van der Waals surface area contributed by atoms with E-state index in [1.54, 1.807) is 7.05 Å². The first kappa shape index (κ1) is 32.1. The molecule has 1 aliphatic rings. The molecule has 0 aliphatic carbocycles. The number of nitrogens with zero attached hydrogens (tertiary/aromatic N) is 1. The Morgan fingerprint density at radius 3 is 2.03 bits per heavy atom. The summed E-state index contributed by atoms with van der Waals surface area (Å²) in [4.78, 5) is 24.7. The quantitative estimate of drug-likeness (QED) is 0.494. The Morgan fingerprint density at radius 2 is 1.69 bits per heavy atom. The van der Waals surface area contributed by atoms with Crippen LogP contribution in [0.25, 0.3) is 0 Å². The SMILES string of the molecule is CC.CC=O.CCC(C)CC(F)(F)CC.CNC(=O)C(C)C1=NC(C)=C(C)CC1. The van der Waals surface area contributed by atoms with Gasteiger partial charge in [0.25, 0.3) is 0 Å². The number of alkyl halides is 2. The van der Waals surface area contributed by atoms with Gasteiger partial charge in [-0.3, -0.25) is 9.79 Å². The molecule has 29 heavy (non-hydrogen) atoms. The number of aldehydes is 1. The van der Waals surface area contributed by atoms with Crippen molar-refractivity contribution in [2.75, 3.05) is 7.05 Å². The van der Waals surface area contributed by atoms with Crippen LogP contribution >= 0.6 is 0 Å². The summed E-state index contributed by atoms with van der Waals surface area (Å²) in [7, 11) is 1.66. The Hall–Kier alpha value is -1.59. The molecule has 0 aromatic heterocycles. The standard InChI is InChI=1S/C11H18N2O.C8H16F2.C2H4O.C2H6/c1-7-5-6-10(13-9(7)3)8(2)11(14)12-4;1-4-7(3)6-8(9,10)5-2;1-2-3;1-2/h8H,5-6H2,1-4H3,(H,12,14);7H,4-6H2,1-3H3;2H,1H3;1-2H3. The Bertz CT molecular complexity index is 515. The molecule has 0 fully saturated rings. The first-order valence-corrected chi connectivity index (χ1v) is 10.7. The van der Waals surface area contributed by atoms with Crippen LogP contribution in [0.15, 0.2) is 16.3 Å². The monoisotopic (exact) mass is 418 g/mol. The molecule has 0 saturated carbocycles. The van der Waals surface area contributed by atoms with Gasteiger partial charge in [-0.15, -0.1) is 0 Å². The molecule has 0 aromatic carbocycles. The molecule has 0 saturated heterocycles. The van der Waals surface area contributed by atoms with E-state index in [4.69, 9.17) is 4.79 Å². The molecular weight excluding hydrogens is 374 g/mol. The van der Waals surface area contributed by atoms with Gasteiger partial charge in [0.1, 0.15) is 6.29 Å². The lowest BCUT2D eigenvalue weighted by Crippen LogP contribution is -2.31. The minimum atomic E-state index is -2.44. The van der Waals surface area contributed by atoms with Crippen LogP contribution < -0.4 is 5.32 Å². The molecule has 0 spiro atoms. The Kier molecular flexibility index (Phi) is 20.4. The third-order valence-electron chi connectivity index (χ3n) is 4.69. The lowest BCUT2D eigenvalue weighted by molar-refractivity contribution is -0.122. The van der Waals surface area contributed by atoms with Gasteiger partial charge in [-0.1, -0.05) is 46.6 Å². The minimum absolute atomic E-state index is 0.0304. The van der Waals surface area contributed by atoms with E-state index in [9.17, 15) is 13.6 Å². The Balaban J connectivity index is -0.000000395. The zero-order valence-corrected chi connectivity index (χ0v) is 20.3. The van der Waals surface area contributed by atoms with Gasteiger partial charge in [0, 0.05) is 31.3 Å². The number of aliphatic imine (C=N–C) groups is 1. The van der Waals surface area contributed by atoms with Gasteiger partial charge in [0.2, 0.25) is 11.8 Å². The van der Waals surface area contributed by atoms with Crippen LogP contribution in [0, 0.1) is 11.8 Å². The molecule has 172 valence electrons. The average molecular weight is 419 g/mol. The maximum Gasteiger partial charge on any atom is 0.248 e. The van der Waals surface area contributed by atoms with Crippen LogP contribution in [0.3, 0.4) is 0 Å². The van der Waals surface area contributed by atoms with Gasteiger partial charge in [-0.25, -0.2) is 8.78 Å². The Labute approximate surface area is 177 Å². The van der Waals surface area contributed by atoms with Gasteiger partial charge in [-0.05, 0) is 46.5 Å². The molecule has 0 aromatic rings. The number of halogens is 2. The summed E-state index contributed by atoms with van der Waals surface area (Å²) in [6, 6.07) is 0. The van der Waals surface area contributed by atoms with E-state index >= 15 is 0 Å². The topological polar surface area (TPSA) is 58.5 Å². The number of rotatable bonds is 6. The van der Waals surface area contributed by atoms with Crippen molar-refractivity contribution in [3.63, 3.8) is 0 Å². The molecule has 2 atom stereocenters. The van der Waals surface area contributed by atoms with Crippen LogP contribution in [0.5, 0.6) is 0 Å². The molecule has 2 unspecified atom stereocenters. The van der Waals surface area contributed by atoms with E-state index in [1.807, 2.05) is 41.5 Å². The minimum Gasteiger partial charge on any atom is -0.359 e. The third kappa shape index (κ3) is 16.0. The van der Waals surface area contributed by atoms with Crippen molar-refractivity contribution in [3.05, 3.63) is 11.3 Å². The highest BCUT2D eigenvalue weighted by Gasteiger charge is 2.27. The highest BCUT2D eigenvalue weighted by Crippen LogP contribution is 2.27. The third-order valence-corrected chi connectivity index (χ3v) is 4.69. The number of hydrogen-bond acceptors (Lipinski definition) is 3. The van der Waals surface area contributed by atoms with Crippen molar-refractivity contribution in [2.24, 2.45) is 16.8 Å². The average Bonchev–Trinajstić information content (AvgIpc) is 2.71. The zero-order valence-electron chi connectivity index (χ0n) is 20.3. The van der Waals surface area contributed by atoms with E-state index in [-0.39, 0.29) is 30.6 Å². The largest absolute Gasteiger partial charge is 0.359 e. The summed E-state index contributed by atoms with van der Waals surface area (Å²) in [5.41, 5.74) is 3.41. The van der Waals surface area contributed by atoms with Crippen molar-refractivity contribution in [2.45, 2.75) is 100 Å². The van der Waals surface area contributed by atoms with Crippen molar-refractivity contribution < 1.29 is 18.4 Å². The van der Waals surface area contributed by atoms with E-state index in [0.717, 1.165) is 37.0 Å². The number of hydrogen-bond donors (Lipinski definition) is 1. The van der Waals surface area contributed by atoms with Gasteiger partial charge >= 0.3 is 0 Å². The molecule has 1 aliphatic heterocycles. The number of nitrogens with one attached hydrogen (secondary N) is 1. The maximum atomic E-state index is 12.6. The smallest absolute Gasteiger partial charge is 0.248 e. The molecule has 0 bridgehead atoms. The fourth-order valence-electron chi connectivity index (χ4n) is 2.34. The number of carbonyl (C=O) groups excluding carboxylic acids is 2. The summed E-state index contributed by atoms with van der Waals surface area (Å²) < 4.78 is 25.2. The van der Waals surface area contributed by atoms with Crippen molar-refractivity contribution in [3.8, 4) is 0 Å². The first-order valence-electron chi connectivity index (χ1n) is 10.7. The zero-order chi connectivity index (χ0) is 23.6. The second kappa shape index (κ2) is 18.4. The predicted octanol–water partition coefficient (Wildman–Crippen LogP) is 6.60. The van der Waals surface area contributed by atoms with E-state index in [1.165, 1.54) is 19.4 Å². The Morgan fingerprint density at radius 1 is 1.21 bits per heavy atom. The summed E-state index contributed by atoms with van der Waals surface area (Å²) in [5, 5.41) is 2.65. The second-order valence-electron chi connectivity index (χ2n) is 6.97. The lowest BCUT2D eigenvalue weighted by Gasteiger charge is -2.18. The van der Waals surface area contributed by atoms with Crippen LogP contribution in [0.4, 0.5) is 8.78 Å². The molecule has 4 nitrogen and oxygen atoms in total. The van der Waals surface area contributed by atoms with Crippen LogP contribution in [-0.4, -0.2) is 30.9 Å². The molecular formula is C23H44F2N2O2. The van der Waals surface area contributed by atoms with Crippen LogP contribution in [0.2, 0.25) is 0 Å². The van der Waals surface area contributed by atoms with Crippen molar-refractivity contribution in [1.82, 2.24) is 5.32 Å². The molecule has 1 N–H and O–H groups in total.